The van der Waals surface area contributed by atoms with Crippen molar-refractivity contribution in [1.29, 1.82) is 0 Å². The predicted octanol–water partition coefficient (Wildman–Crippen LogP) is 3.55. The molecule has 0 fully saturated rings. The molecule has 8 heteroatoms. The number of benzene rings is 1. The number of anilines is 1. The lowest BCUT2D eigenvalue weighted by Crippen LogP contribution is -2.19. The summed E-state index contributed by atoms with van der Waals surface area (Å²) in [5.74, 6) is 0. The first-order chi connectivity index (χ1) is 10.5. The van der Waals surface area contributed by atoms with Gasteiger partial charge in [-0.05, 0) is 12.5 Å². The molecule has 2 aromatic rings. The summed E-state index contributed by atoms with van der Waals surface area (Å²) in [5.41, 5.74) is 4.06. The molecule has 1 atom stereocenters. The first kappa shape index (κ1) is 15.8. The topological polar surface area (TPSA) is 98.3 Å². The molecule has 1 aromatic carbocycles. The van der Waals surface area contributed by atoms with Gasteiger partial charge in [0.15, 0.2) is 0 Å². The molecule has 0 aliphatic heterocycles. The van der Waals surface area contributed by atoms with Gasteiger partial charge < -0.3 is 5.32 Å². The average molecular weight is 317 g/mol. The van der Waals surface area contributed by atoms with Crippen LogP contribution in [0.2, 0.25) is 0 Å². The van der Waals surface area contributed by atoms with Crippen LogP contribution in [0, 0.1) is 20.2 Å². The molecule has 114 valence electrons. The van der Waals surface area contributed by atoms with E-state index in [0.29, 0.717) is 5.69 Å². The highest BCUT2D eigenvalue weighted by Gasteiger charge is 2.21. The monoisotopic (exact) mass is 317 g/mol. The van der Waals surface area contributed by atoms with Gasteiger partial charge in [0.2, 0.25) is 0 Å². The first-order valence-electron chi connectivity index (χ1n) is 6.77. The number of nitro benzene ring substituents is 2. The molecule has 0 spiro atoms. The van der Waals surface area contributed by atoms with Crippen LogP contribution in [-0.2, 0) is 0 Å². The van der Waals surface area contributed by atoms with Crippen LogP contribution in [0.1, 0.15) is 19.0 Å². The molecule has 22 heavy (non-hydrogen) atoms. The van der Waals surface area contributed by atoms with Crippen LogP contribution in [0.5, 0.6) is 0 Å². The van der Waals surface area contributed by atoms with Gasteiger partial charge in [-0.3, -0.25) is 20.2 Å². The van der Waals surface area contributed by atoms with Crippen LogP contribution in [0.3, 0.4) is 0 Å². The summed E-state index contributed by atoms with van der Waals surface area (Å²) in [5, 5.41) is 25.1. The Hall–Kier alpha value is -2.61. The van der Waals surface area contributed by atoms with Crippen LogP contribution < -0.4 is 5.32 Å². The van der Waals surface area contributed by atoms with Gasteiger partial charge in [-0.15, -0.1) is 0 Å². The van der Waals surface area contributed by atoms with Crippen molar-refractivity contribution in [1.82, 2.24) is 0 Å². The van der Waals surface area contributed by atoms with E-state index in [-0.39, 0.29) is 17.0 Å². The van der Waals surface area contributed by atoms with E-state index in [1.807, 2.05) is 25.1 Å². The summed E-state index contributed by atoms with van der Waals surface area (Å²) in [7, 11) is -0.963. The van der Waals surface area contributed by atoms with Crippen molar-refractivity contribution in [2.24, 2.45) is 0 Å². The molecule has 0 bridgehead atoms. The maximum absolute atomic E-state index is 11.2. The largest absolute Gasteiger partial charge is 0.376 e. The van der Waals surface area contributed by atoms with Crippen molar-refractivity contribution < 1.29 is 9.85 Å². The van der Waals surface area contributed by atoms with E-state index in [1.165, 1.54) is 12.1 Å². The number of rotatable bonds is 6. The van der Waals surface area contributed by atoms with Gasteiger partial charge in [0, 0.05) is 11.7 Å². The van der Waals surface area contributed by atoms with Gasteiger partial charge >= 0.3 is 0 Å². The number of nitrogens with one attached hydrogen (secondary N) is 1. The molecule has 0 aliphatic carbocycles. The maximum atomic E-state index is 11.2. The molecule has 7 nitrogen and oxygen atoms in total. The number of nitro groups is 2. The van der Waals surface area contributed by atoms with Crippen molar-refractivity contribution in [2.45, 2.75) is 19.0 Å². The molecule has 0 aliphatic rings. The molecular formula is C14H15N3O4Si. The molecule has 0 radical (unpaired) electrons. The van der Waals surface area contributed by atoms with E-state index >= 15 is 0 Å². The zero-order chi connectivity index (χ0) is 16.1. The lowest BCUT2D eigenvalue weighted by atomic mass is 10.2. The Balaban J connectivity index is 2.35. The fourth-order valence-corrected chi connectivity index (χ4v) is 4.24. The average Bonchev–Trinajstić information content (AvgIpc) is 2.53. The van der Waals surface area contributed by atoms with Gasteiger partial charge in [-0.2, -0.15) is 0 Å². The standard InChI is InChI=1S/C14H15N3O4Si/c1-2-14(22-8-4-3-5-9-22)15-12-7-6-11(16(18)19)10-13(12)17(20)21/h3-10,14-15H,2H2,1H3. The summed E-state index contributed by atoms with van der Waals surface area (Å²) in [6.45, 7) is 2.01. The van der Waals surface area contributed by atoms with E-state index in [9.17, 15) is 20.2 Å². The quantitative estimate of drug-likeness (QED) is 0.499. The van der Waals surface area contributed by atoms with Crippen LogP contribution in [0.15, 0.2) is 47.8 Å². The second kappa shape index (κ2) is 6.90. The van der Waals surface area contributed by atoms with Crippen LogP contribution in [-0.4, -0.2) is 18.2 Å². The Labute approximate surface area is 128 Å². The molecule has 0 saturated carbocycles. The summed E-state index contributed by atoms with van der Waals surface area (Å²) in [4.78, 5) is 20.7. The number of hydrogen-bond donors (Lipinski definition) is 1. The molecule has 0 amide bonds. The van der Waals surface area contributed by atoms with Crippen molar-refractivity contribution >= 4 is 25.5 Å². The fraction of sp³-hybridized carbons (Fsp3) is 0.214. The van der Waals surface area contributed by atoms with Gasteiger partial charge in [0.25, 0.3) is 11.4 Å². The van der Waals surface area contributed by atoms with Crippen molar-refractivity contribution in [3.8, 4) is 0 Å². The van der Waals surface area contributed by atoms with Crippen LogP contribution in [0.4, 0.5) is 17.1 Å². The second-order valence-electron chi connectivity index (χ2n) is 4.73. The van der Waals surface area contributed by atoms with E-state index in [2.05, 4.69) is 16.7 Å². The molecule has 1 aromatic heterocycles. The Bertz CT molecular complexity index is 694. The maximum Gasteiger partial charge on any atom is 0.299 e. The minimum atomic E-state index is -0.963. The second-order valence-corrected chi connectivity index (χ2v) is 7.10. The SMILES string of the molecule is CCC(Nc1ccc([N+](=O)[O-])cc1[N+](=O)[O-])[si]1ccccc1. The number of hydrogen-bond acceptors (Lipinski definition) is 5. The highest BCUT2D eigenvalue weighted by molar-refractivity contribution is 6.51. The van der Waals surface area contributed by atoms with Gasteiger partial charge in [-0.25, -0.2) is 0 Å². The van der Waals surface area contributed by atoms with Crippen molar-refractivity contribution in [2.75, 3.05) is 5.32 Å². The number of nitrogens with zero attached hydrogens (tertiary/aromatic N) is 2. The van der Waals surface area contributed by atoms with Crippen molar-refractivity contribution in [3.63, 3.8) is 0 Å². The number of non-ortho nitro benzene ring substituents is 1. The normalized spacial score (nSPS) is 11.7. The third-order valence-corrected chi connectivity index (χ3v) is 5.84. The zero-order valence-electron chi connectivity index (χ0n) is 11.9. The van der Waals surface area contributed by atoms with E-state index < -0.39 is 18.2 Å². The van der Waals surface area contributed by atoms with E-state index in [4.69, 9.17) is 0 Å². The molecule has 0 saturated heterocycles. The predicted molar refractivity (Wildman–Crippen MR) is 85.1 cm³/mol. The molecular weight excluding hydrogens is 302 g/mol. The fourth-order valence-electron chi connectivity index (χ4n) is 2.20. The summed E-state index contributed by atoms with van der Waals surface area (Å²) >= 11 is 0. The summed E-state index contributed by atoms with van der Waals surface area (Å²) in [6.07, 6.45) is 0.803. The molecule has 1 N–H and O–H groups in total. The molecule has 1 unspecified atom stereocenters. The lowest BCUT2D eigenvalue weighted by molar-refractivity contribution is -0.393. The van der Waals surface area contributed by atoms with E-state index in [1.54, 1.807) is 0 Å². The Kier molecular flexibility index (Phi) is 4.94. The highest BCUT2D eigenvalue weighted by Crippen LogP contribution is 2.31. The third-order valence-electron chi connectivity index (χ3n) is 3.33. The van der Waals surface area contributed by atoms with Gasteiger partial charge in [0.05, 0.1) is 24.3 Å². The van der Waals surface area contributed by atoms with Crippen LogP contribution >= 0.6 is 0 Å². The van der Waals surface area contributed by atoms with Crippen molar-refractivity contribution in [3.05, 3.63) is 68.0 Å². The summed E-state index contributed by atoms with van der Waals surface area (Å²) in [6, 6.07) is 9.57. The van der Waals surface area contributed by atoms with E-state index in [0.717, 1.165) is 12.5 Å². The minimum Gasteiger partial charge on any atom is -0.376 e. The zero-order valence-corrected chi connectivity index (χ0v) is 12.9. The van der Waals surface area contributed by atoms with Crippen LogP contribution in [0.25, 0.3) is 0 Å². The Morgan fingerprint density at radius 1 is 1.14 bits per heavy atom. The lowest BCUT2D eigenvalue weighted by Gasteiger charge is -2.18. The smallest absolute Gasteiger partial charge is 0.299 e. The molecule has 1 heterocycles. The Morgan fingerprint density at radius 2 is 1.82 bits per heavy atom. The summed E-state index contributed by atoms with van der Waals surface area (Å²) < 4.78 is 0. The minimum absolute atomic E-state index is 0.0753. The Morgan fingerprint density at radius 3 is 2.36 bits per heavy atom. The molecule has 2 rings (SSSR count). The first-order valence-corrected chi connectivity index (χ1v) is 8.50. The van der Waals surface area contributed by atoms with Gasteiger partial charge in [0.1, 0.15) is 5.69 Å². The third kappa shape index (κ3) is 3.53. The highest BCUT2D eigenvalue weighted by atomic mass is 28.2. The van der Waals surface area contributed by atoms with Gasteiger partial charge in [-0.1, -0.05) is 36.5 Å².